The molecule has 0 saturated heterocycles. The Balaban J connectivity index is 1.94. The van der Waals surface area contributed by atoms with E-state index in [1.54, 1.807) is 50.4 Å². The van der Waals surface area contributed by atoms with Crippen molar-refractivity contribution in [3.05, 3.63) is 59.7 Å². The zero-order valence-electron chi connectivity index (χ0n) is 15.1. The van der Waals surface area contributed by atoms with Crippen molar-refractivity contribution >= 4 is 29.2 Å². The lowest BCUT2D eigenvalue weighted by atomic mass is 10.1. The molecule has 2 amide bonds. The smallest absolute Gasteiger partial charge is 0.338 e. The third-order valence-corrected chi connectivity index (χ3v) is 3.84. The second-order valence-corrected chi connectivity index (χ2v) is 5.77. The maximum Gasteiger partial charge on any atom is 0.338 e. The van der Waals surface area contributed by atoms with Crippen LogP contribution in [0.4, 0.5) is 11.4 Å². The molecule has 0 saturated carbocycles. The maximum atomic E-state index is 12.2. The van der Waals surface area contributed by atoms with Gasteiger partial charge in [-0.3, -0.25) is 9.59 Å². The molecule has 26 heavy (non-hydrogen) atoms. The lowest BCUT2D eigenvalue weighted by molar-refractivity contribution is -0.116. The molecule has 0 heterocycles. The monoisotopic (exact) mass is 354 g/mol. The highest BCUT2D eigenvalue weighted by molar-refractivity contribution is 5.94. The summed E-state index contributed by atoms with van der Waals surface area (Å²) >= 11 is 0. The van der Waals surface area contributed by atoms with Crippen LogP contribution in [-0.4, -0.2) is 31.4 Å². The Morgan fingerprint density at radius 1 is 1.00 bits per heavy atom. The van der Waals surface area contributed by atoms with Crippen LogP contribution in [0, 0.1) is 0 Å². The number of amides is 2. The van der Waals surface area contributed by atoms with Crippen LogP contribution in [0.5, 0.6) is 0 Å². The zero-order valence-corrected chi connectivity index (χ0v) is 15.1. The van der Waals surface area contributed by atoms with E-state index in [-0.39, 0.29) is 24.2 Å². The van der Waals surface area contributed by atoms with Crippen molar-refractivity contribution < 1.29 is 19.1 Å². The second-order valence-electron chi connectivity index (χ2n) is 5.77. The summed E-state index contributed by atoms with van der Waals surface area (Å²) in [6.07, 6.45) is 0.212. The molecule has 136 valence electrons. The summed E-state index contributed by atoms with van der Waals surface area (Å²) < 4.78 is 4.92. The Hall–Kier alpha value is -3.15. The fourth-order valence-corrected chi connectivity index (χ4v) is 2.31. The Morgan fingerprint density at radius 3 is 2.15 bits per heavy atom. The number of nitrogens with one attached hydrogen (secondary N) is 1. The molecule has 6 heteroatoms. The quantitative estimate of drug-likeness (QED) is 0.809. The lowest BCUT2D eigenvalue weighted by Crippen LogP contribution is -2.22. The Kier molecular flexibility index (Phi) is 6.49. The van der Waals surface area contributed by atoms with Gasteiger partial charge in [0, 0.05) is 25.3 Å². The van der Waals surface area contributed by atoms with Crippen molar-refractivity contribution in [3.8, 4) is 0 Å². The molecule has 0 aliphatic heterocycles. The van der Waals surface area contributed by atoms with E-state index in [0.717, 1.165) is 11.3 Å². The van der Waals surface area contributed by atoms with Crippen LogP contribution in [0.3, 0.4) is 0 Å². The van der Waals surface area contributed by atoms with E-state index in [2.05, 4.69) is 5.32 Å². The van der Waals surface area contributed by atoms with E-state index in [0.29, 0.717) is 17.9 Å². The third-order valence-electron chi connectivity index (χ3n) is 3.84. The Bertz CT molecular complexity index is 782. The van der Waals surface area contributed by atoms with Gasteiger partial charge in [0.25, 0.3) is 0 Å². The van der Waals surface area contributed by atoms with Crippen molar-refractivity contribution in [3.63, 3.8) is 0 Å². The molecular weight excluding hydrogens is 332 g/mol. The van der Waals surface area contributed by atoms with Crippen LogP contribution in [0.2, 0.25) is 0 Å². The van der Waals surface area contributed by atoms with Crippen LogP contribution in [0.1, 0.15) is 29.8 Å². The summed E-state index contributed by atoms with van der Waals surface area (Å²) in [5.74, 6) is -0.607. The first-order valence-corrected chi connectivity index (χ1v) is 8.31. The average molecular weight is 354 g/mol. The fraction of sp³-hybridized carbons (Fsp3) is 0.250. The van der Waals surface area contributed by atoms with Gasteiger partial charge in [0.2, 0.25) is 11.8 Å². The van der Waals surface area contributed by atoms with E-state index < -0.39 is 0 Å². The molecule has 0 aliphatic carbocycles. The SMILES string of the molecule is CCOC(=O)c1ccc(NC(=O)Cc2ccc(N(C)C(C)=O)cc2)cc1. The molecule has 2 rings (SSSR count). The minimum Gasteiger partial charge on any atom is -0.462 e. The highest BCUT2D eigenvalue weighted by atomic mass is 16.5. The molecule has 0 atom stereocenters. The van der Waals surface area contributed by atoms with E-state index in [1.165, 1.54) is 11.8 Å². The molecule has 1 N–H and O–H groups in total. The van der Waals surface area contributed by atoms with Crippen molar-refractivity contribution in [2.24, 2.45) is 0 Å². The van der Waals surface area contributed by atoms with E-state index in [9.17, 15) is 14.4 Å². The Labute approximate surface area is 152 Å². The van der Waals surface area contributed by atoms with Crippen LogP contribution < -0.4 is 10.2 Å². The molecule has 0 fully saturated rings. The normalized spacial score (nSPS) is 10.1. The van der Waals surface area contributed by atoms with Crippen LogP contribution in [0.25, 0.3) is 0 Å². The number of nitrogens with zero attached hydrogens (tertiary/aromatic N) is 1. The maximum absolute atomic E-state index is 12.2. The molecule has 0 spiro atoms. The molecule has 0 bridgehead atoms. The van der Waals surface area contributed by atoms with Gasteiger partial charge in [0.15, 0.2) is 0 Å². The minimum atomic E-state index is -0.388. The topological polar surface area (TPSA) is 75.7 Å². The van der Waals surface area contributed by atoms with Crippen LogP contribution in [0.15, 0.2) is 48.5 Å². The molecule has 6 nitrogen and oxygen atoms in total. The average Bonchev–Trinajstić information content (AvgIpc) is 2.62. The number of esters is 1. The van der Waals surface area contributed by atoms with Gasteiger partial charge in [-0.25, -0.2) is 4.79 Å². The fourth-order valence-electron chi connectivity index (χ4n) is 2.31. The van der Waals surface area contributed by atoms with Crippen LogP contribution in [-0.2, 0) is 20.7 Å². The van der Waals surface area contributed by atoms with Crippen LogP contribution >= 0.6 is 0 Å². The first-order chi connectivity index (χ1) is 12.4. The van der Waals surface area contributed by atoms with E-state index in [1.807, 2.05) is 12.1 Å². The zero-order chi connectivity index (χ0) is 19.1. The summed E-state index contributed by atoms with van der Waals surface area (Å²) in [6.45, 7) is 3.56. The first kappa shape index (κ1) is 19.2. The number of anilines is 2. The third kappa shape index (κ3) is 5.17. The highest BCUT2D eigenvalue weighted by Crippen LogP contribution is 2.15. The number of carbonyl (C=O) groups is 3. The highest BCUT2D eigenvalue weighted by Gasteiger charge is 2.09. The molecule has 0 unspecified atom stereocenters. The summed E-state index contributed by atoms with van der Waals surface area (Å²) in [5.41, 5.74) is 2.66. The predicted molar refractivity (Wildman–Crippen MR) is 100 cm³/mol. The molecule has 0 aromatic heterocycles. The van der Waals surface area contributed by atoms with Gasteiger partial charge in [-0.15, -0.1) is 0 Å². The minimum absolute atomic E-state index is 0.0539. The number of rotatable bonds is 6. The molecular formula is C20H22N2O4. The summed E-state index contributed by atoms with van der Waals surface area (Å²) in [7, 11) is 1.70. The first-order valence-electron chi connectivity index (χ1n) is 8.31. The standard InChI is InChI=1S/C20H22N2O4/c1-4-26-20(25)16-7-9-17(10-8-16)21-19(24)13-15-5-11-18(12-6-15)22(3)14(2)23/h5-12H,4,13H2,1-3H3,(H,21,24). The van der Waals surface area contributed by atoms with Gasteiger partial charge >= 0.3 is 5.97 Å². The number of hydrogen-bond donors (Lipinski definition) is 1. The number of benzene rings is 2. The number of carbonyl (C=O) groups excluding carboxylic acids is 3. The largest absolute Gasteiger partial charge is 0.462 e. The number of hydrogen-bond acceptors (Lipinski definition) is 4. The van der Waals surface area contributed by atoms with Crippen molar-refractivity contribution in [2.45, 2.75) is 20.3 Å². The predicted octanol–water partition coefficient (Wildman–Crippen LogP) is 3.03. The molecule has 2 aromatic carbocycles. The van der Waals surface area contributed by atoms with E-state index >= 15 is 0 Å². The molecule has 0 radical (unpaired) electrons. The van der Waals surface area contributed by atoms with E-state index in [4.69, 9.17) is 4.74 Å². The molecule has 2 aromatic rings. The van der Waals surface area contributed by atoms with Crippen molar-refractivity contribution in [1.82, 2.24) is 0 Å². The number of ether oxygens (including phenoxy) is 1. The summed E-state index contributed by atoms with van der Waals surface area (Å²) in [4.78, 5) is 36.6. The van der Waals surface area contributed by atoms with Gasteiger partial charge < -0.3 is 15.0 Å². The van der Waals surface area contributed by atoms with Gasteiger partial charge in [0.1, 0.15) is 0 Å². The summed E-state index contributed by atoms with van der Waals surface area (Å²) in [6, 6.07) is 13.8. The summed E-state index contributed by atoms with van der Waals surface area (Å²) in [5, 5.41) is 2.79. The van der Waals surface area contributed by atoms with Gasteiger partial charge in [0.05, 0.1) is 18.6 Å². The molecule has 0 aliphatic rings. The lowest BCUT2D eigenvalue weighted by Gasteiger charge is -2.15. The van der Waals surface area contributed by atoms with Gasteiger partial charge in [-0.05, 0) is 48.9 Å². The second kappa shape index (κ2) is 8.80. The van der Waals surface area contributed by atoms with Crippen molar-refractivity contribution in [2.75, 3.05) is 23.9 Å². The van der Waals surface area contributed by atoms with Gasteiger partial charge in [-0.2, -0.15) is 0 Å². The van der Waals surface area contributed by atoms with Gasteiger partial charge in [-0.1, -0.05) is 12.1 Å². The Morgan fingerprint density at radius 2 is 1.62 bits per heavy atom. The van der Waals surface area contributed by atoms with Crippen molar-refractivity contribution in [1.29, 1.82) is 0 Å².